The largest absolute Gasteiger partial charge is 0.308 e. The van der Waals surface area contributed by atoms with E-state index in [9.17, 15) is 13.2 Å². The number of aryl methyl sites for hydroxylation is 1. The average molecular weight is 328 g/mol. The summed E-state index contributed by atoms with van der Waals surface area (Å²) in [6.07, 6.45) is 0.793. The van der Waals surface area contributed by atoms with Crippen molar-refractivity contribution in [2.75, 3.05) is 6.54 Å². The lowest BCUT2D eigenvalue weighted by Gasteiger charge is -2.08. The molecule has 1 N–H and O–H groups in total. The standard InChI is InChI=1S/C14H20N2O3S2/c1-4-16-12-6-5-11(9-13(12)20-14(16)17)21(18,19)15-8-7-10(2)3/h5-6,9-10,15H,4,7-8H2,1-3H3. The van der Waals surface area contributed by atoms with Crippen LogP contribution in [0.5, 0.6) is 0 Å². The first-order chi connectivity index (χ1) is 9.85. The van der Waals surface area contributed by atoms with Gasteiger partial charge in [-0.25, -0.2) is 13.1 Å². The van der Waals surface area contributed by atoms with Crippen LogP contribution < -0.4 is 9.60 Å². The second-order valence-corrected chi connectivity index (χ2v) is 8.08. The monoisotopic (exact) mass is 328 g/mol. The first-order valence-electron chi connectivity index (χ1n) is 6.98. The van der Waals surface area contributed by atoms with Crippen LogP contribution in [0.3, 0.4) is 0 Å². The van der Waals surface area contributed by atoms with E-state index in [0.717, 1.165) is 23.3 Å². The zero-order chi connectivity index (χ0) is 15.6. The van der Waals surface area contributed by atoms with Gasteiger partial charge in [-0.15, -0.1) is 0 Å². The minimum Gasteiger partial charge on any atom is -0.299 e. The van der Waals surface area contributed by atoms with Gasteiger partial charge in [-0.3, -0.25) is 9.36 Å². The Kier molecular flexibility index (Phi) is 4.85. The summed E-state index contributed by atoms with van der Waals surface area (Å²) in [4.78, 5) is 11.9. The molecule has 0 saturated heterocycles. The highest BCUT2D eigenvalue weighted by atomic mass is 32.2. The number of benzene rings is 1. The number of fused-ring (bicyclic) bond motifs is 1. The Balaban J connectivity index is 2.32. The van der Waals surface area contributed by atoms with Gasteiger partial charge in [-0.05, 0) is 37.5 Å². The lowest BCUT2D eigenvalue weighted by molar-refractivity contribution is 0.551. The Hall–Kier alpha value is -1.18. The number of rotatable bonds is 6. The number of hydrogen-bond donors (Lipinski definition) is 1. The van der Waals surface area contributed by atoms with Gasteiger partial charge in [0.15, 0.2) is 0 Å². The maximum absolute atomic E-state index is 12.2. The quantitative estimate of drug-likeness (QED) is 0.885. The molecule has 0 aliphatic heterocycles. The molecule has 0 bridgehead atoms. The number of aromatic nitrogens is 1. The average Bonchev–Trinajstić information content (AvgIpc) is 2.72. The SMILES string of the molecule is CCn1c(=O)sc2cc(S(=O)(=O)NCCC(C)C)ccc21. The van der Waals surface area contributed by atoms with Crippen LogP contribution in [-0.2, 0) is 16.6 Å². The summed E-state index contributed by atoms with van der Waals surface area (Å²) in [6.45, 7) is 6.99. The highest BCUT2D eigenvalue weighted by Gasteiger charge is 2.16. The third-order valence-electron chi connectivity index (χ3n) is 3.28. The highest BCUT2D eigenvalue weighted by molar-refractivity contribution is 7.89. The Morgan fingerprint density at radius 1 is 1.33 bits per heavy atom. The minimum atomic E-state index is -3.51. The third-order valence-corrected chi connectivity index (χ3v) is 5.68. The van der Waals surface area contributed by atoms with Gasteiger partial charge in [-0.2, -0.15) is 0 Å². The number of thiazole rings is 1. The topological polar surface area (TPSA) is 68.2 Å². The van der Waals surface area contributed by atoms with E-state index in [2.05, 4.69) is 4.72 Å². The lowest BCUT2D eigenvalue weighted by atomic mass is 10.1. The van der Waals surface area contributed by atoms with E-state index in [4.69, 9.17) is 0 Å². The van der Waals surface area contributed by atoms with E-state index >= 15 is 0 Å². The van der Waals surface area contributed by atoms with Gasteiger partial charge >= 0.3 is 4.87 Å². The predicted octanol–water partition coefficient (Wildman–Crippen LogP) is 2.41. The predicted molar refractivity (Wildman–Crippen MR) is 86.4 cm³/mol. The second-order valence-electron chi connectivity index (χ2n) is 5.32. The van der Waals surface area contributed by atoms with Gasteiger partial charge in [0, 0.05) is 13.1 Å². The summed E-state index contributed by atoms with van der Waals surface area (Å²) in [5, 5.41) is 0. The van der Waals surface area contributed by atoms with Crippen molar-refractivity contribution in [1.82, 2.24) is 9.29 Å². The van der Waals surface area contributed by atoms with Crippen LogP contribution in [0.2, 0.25) is 0 Å². The van der Waals surface area contributed by atoms with Gasteiger partial charge in [0.25, 0.3) is 0 Å². The van der Waals surface area contributed by atoms with Crippen molar-refractivity contribution in [3.05, 3.63) is 27.9 Å². The smallest absolute Gasteiger partial charge is 0.299 e. The molecule has 1 heterocycles. The van der Waals surface area contributed by atoms with Crippen molar-refractivity contribution < 1.29 is 8.42 Å². The molecule has 116 valence electrons. The first-order valence-corrected chi connectivity index (χ1v) is 9.28. The van der Waals surface area contributed by atoms with Crippen molar-refractivity contribution in [1.29, 1.82) is 0 Å². The van der Waals surface area contributed by atoms with Crippen LogP contribution in [0.4, 0.5) is 0 Å². The number of sulfonamides is 1. The molecule has 0 fully saturated rings. The van der Waals surface area contributed by atoms with Gasteiger partial charge in [0.2, 0.25) is 10.0 Å². The van der Waals surface area contributed by atoms with Gasteiger partial charge in [0.1, 0.15) is 0 Å². The molecular weight excluding hydrogens is 308 g/mol. The zero-order valence-electron chi connectivity index (χ0n) is 12.4. The van der Waals surface area contributed by atoms with E-state index < -0.39 is 10.0 Å². The van der Waals surface area contributed by atoms with Crippen molar-refractivity contribution in [2.45, 2.75) is 38.6 Å². The normalized spacial score (nSPS) is 12.4. The molecule has 1 aromatic heterocycles. The van der Waals surface area contributed by atoms with Gasteiger partial charge < -0.3 is 0 Å². The fourth-order valence-corrected chi connectivity index (χ4v) is 4.22. The molecule has 21 heavy (non-hydrogen) atoms. The summed E-state index contributed by atoms with van der Waals surface area (Å²) < 4.78 is 29.4. The molecule has 0 radical (unpaired) electrons. The maximum Gasteiger partial charge on any atom is 0.308 e. The van der Waals surface area contributed by atoms with Crippen LogP contribution in [0.15, 0.2) is 27.9 Å². The highest BCUT2D eigenvalue weighted by Crippen LogP contribution is 2.21. The molecule has 0 saturated carbocycles. The van der Waals surface area contributed by atoms with Crippen LogP contribution in [-0.4, -0.2) is 19.5 Å². The van der Waals surface area contributed by atoms with E-state index in [1.54, 1.807) is 22.8 Å². The Morgan fingerprint density at radius 2 is 2.05 bits per heavy atom. The summed E-state index contributed by atoms with van der Waals surface area (Å²) in [6, 6.07) is 4.83. The molecule has 0 atom stereocenters. The van der Waals surface area contributed by atoms with E-state index in [0.29, 0.717) is 23.7 Å². The molecule has 5 nitrogen and oxygen atoms in total. The van der Waals surface area contributed by atoms with Crippen LogP contribution in [0.25, 0.3) is 10.2 Å². The van der Waals surface area contributed by atoms with E-state index in [1.807, 2.05) is 20.8 Å². The molecule has 0 aliphatic carbocycles. The van der Waals surface area contributed by atoms with Crippen molar-refractivity contribution in [3.63, 3.8) is 0 Å². The van der Waals surface area contributed by atoms with Crippen LogP contribution in [0, 0.1) is 5.92 Å². The first kappa shape index (κ1) is 16.2. The van der Waals surface area contributed by atoms with Crippen LogP contribution >= 0.6 is 11.3 Å². The molecular formula is C14H20N2O3S2. The summed E-state index contributed by atoms with van der Waals surface area (Å²) in [7, 11) is -3.51. The van der Waals surface area contributed by atoms with Gasteiger partial charge in [-0.1, -0.05) is 25.2 Å². The number of hydrogen-bond acceptors (Lipinski definition) is 4. The maximum atomic E-state index is 12.2. The third kappa shape index (κ3) is 3.53. The lowest BCUT2D eigenvalue weighted by Crippen LogP contribution is -2.25. The van der Waals surface area contributed by atoms with Crippen molar-refractivity contribution in [3.8, 4) is 0 Å². The van der Waals surface area contributed by atoms with Crippen LogP contribution in [0.1, 0.15) is 27.2 Å². The minimum absolute atomic E-state index is 0.0604. The molecule has 0 spiro atoms. The summed E-state index contributed by atoms with van der Waals surface area (Å²) in [5.41, 5.74) is 0.786. The Morgan fingerprint density at radius 3 is 2.67 bits per heavy atom. The fourth-order valence-electron chi connectivity index (χ4n) is 2.08. The fraction of sp³-hybridized carbons (Fsp3) is 0.500. The molecule has 7 heteroatoms. The summed E-state index contributed by atoms with van der Waals surface area (Å²) in [5.74, 6) is 0.444. The molecule has 1 aromatic carbocycles. The van der Waals surface area contributed by atoms with E-state index in [-0.39, 0.29) is 9.77 Å². The Labute approximate surface area is 128 Å². The molecule has 0 unspecified atom stereocenters. The molecule has 0 aliphatic rings. The van der Waals surface area contributed by atoms with E-state index in [1.165, 1.54) is 0 Å². The number of nitrogens with zero attached hydrogens (tertiary/aromatic N) is 1. The zero-order valence-corrected chi connectivity index (χ0v) is 14.1. The number of nitrogens with one attached hydrogen (secondary N) is 1. The summed E-state index contributed by atoms with van der Waals surface area (Å²) >= 11 is 1.08. The molecule has 2 rings (SSSR count). The van der Waals surface area contributed by atoms with Gasteiger partial charge in [0.05, 0.1) is 15.1 Å². The molecule has 2 aromatic rings. The Bertz CT molecular complexity index is 788. The van der Waals surface area contributed by atoms with Crippen molar-refractivity contribution >= 4 is 31.6 Å². The second kappa shape index (κ2) is 6.29. The van der Waals surface area contributed by atoms with Crippen molar-refractivity contribution in [2.24, 2.45) is 5.92 Å². The molecule has 0 amide bonds.